The van der Waals surface area contributed by atoms with Gasteiger partial charge in [-0.05, 0) is 114 Å². The molecule has 110 heavy (non-hydrogen) atoms. The van der Waals surface area contributed by atoms with Gasteiger partial charge in [-0.25, -0.2) is 5.84 Å². The first kappa shape index (κ1) is 85.9. The molecule has 34 nitrogen and oxygen atoms in total. The SMILES string of the molecule is CC(=O)N[C@H](Cc1ccc2ccccc2c1)C(=O)N[C@H](Cc1ccc(Cl)cc1)C(=O)N[C@H](Cc1cccnc1)C(=O)N[C@@H](CC(=O)NN)C(=O)N[C@H]1CCC(=O)N[C@@H](Cc2ccc(Cl)cc2)C(=O)NCC[C@@H](C(=O)N2CCC[C@H]2C(=O)NC(CN)C(N)=O)NC(=O)[C@H](CC(C)C)NC(=O)[C@@H](CCCNC(=N)N)NC1=O. The third-order valence-electron chi connectivity index (χ3n) is 18.2. The number of halogens is 2. The Kier molecular flexibility index (Phi) is 33.1. The van der Waals surface area contributed by atoms with Crippen molar-refractivity contribution in [3.05, 3.63) is 148 Å². The Bertz CT molecular complexity index is 4120. The number of amides is 14. The Labute approximate surface area is 644 Å². The average Bonchev–Trinajstić information content (AvgIpc) is 0.902. The van der Waals surface area contributed by atoms with Crippen molar-refractivity contribution in [2.45, 2.75) is 171 Å². The highest BCUT2D eigenvalue weighted by Gasteiger charge is 2.41. The lowest BCUT2D eigenvalue weighted by Crippen LogP contribution is -2.61. The van der Waals surface area contributed by atoms with E-state index in [0.717, 1.165) is 10.8 Å². The summed E-state index contributed by atoms with van der Waals surface area (Å²) in [7, 11) is 0. The van der Waals surface area contributed by atoms with Gasteiger partial charge in [0.15, 0.2) is 5.96 Å². The second-order valence-corrected chi connectivity index (χ2v) is 28.2. The normalized spacial score (nSPS) is 19.4. The molecule has 2 saturated heterocycles. The zero-order valence-corrected chi connectivity index (χ0v) is 62.6. The highest BCUT2D eigenvalue weighted by atomic mass is 35.5. The minimum Gasteiger partial charge on any atom is -0.370 e. The first-order chi connectivity index (χ1) is 52.5. The molecular weight excluding hydrogens is 1460 g/mol. The van der Waals surface area contributed by atoms with Crippen LogP contribution in [0.5, 0.6) is 0 Å². The summed E-state index contributed by atoms with van der Waals surface area (Å²) >= 11 is 12.5. The number of primary amides is 1. The fourth-order valence-corrected chi connectivity index (χ4v) is 12.8. The van der Waals surface area contributed by atoms with Crippen LogP contribution in [0.15, 0.2) is 116 Å². The maximum atomic E-state index is 15.1. The van der Waals surface area contributed by atoms with Crippen LogP contribution in [0.25, 0.3) is 10.8 Å². The average molecular weight is 1560 g/mol. The summed E-state index contributed by atoms with van der Waals surface area (Å²) in [4.78, 5) is 206. The molecule has 2 aliphatic rings. The molecule has 36 heteroatoms. The fourth-order valence-electron chi connectivity index (χ4n) is 12.6. The van der Waals surface area contributed by atoms with E-state index in [1.54, 1.807) is 80.6 Å². The van der Waals surface area contributed by atoms with Crippen molar-refractivity contribution in [1.29, 1.82) is 5.41 Å². The third kappa shape index (κ3) is 27.1. The summed E-state index contributed by atoms with van der Waals surface area (Å²) in [5, 5.41) is 41.9. The molecule has 2 aliphatic heterocycles. The van der Waals surface area contributed by atoms with Crippen LogP contribution in [-0.4, -0.2) is 191 Å². The number of hydrazine groups is 1. The maximum Gasteiger partial charge on any atom is 0.245 e. The van der Waals surface area contributed by atoms with Crippen molar-refractivity contribution in [2.24, 2.45) is 29.0 Å². The molecule has 3 heterocycles. The minimum absolute atomic E-state index is 0.00870. The standard InChI is InChI=1S/C74H96Cl2N20O14/c1-40(2)31-53-67(104)89-52(73(110)96-30-8-13-60(96)72(109)94-59(38-77)63(78)100)26-29-83-64(101)54(33-42-15-20-48(75)21-16-42)86-61(98)25-24-51(66(103)87-50(65(102)90-53)12-7-28-84-74(79)80)88-71(108)58(37-62(99)95-81)93-70(107)57(36-45-9-6-27-82-39-45)92-69(106)56(34-43-17-22-49(76)23-18-43)91-68(105)55(85-41(3)97)35-44-14-19-46-10-4-5-11-47(46)32-44/h4-6,9-11,14-23,27,32,39-40,50-60H,7-8,12-13,24-26,28-31,33-38,77,81H2,1-3H3,(H2,78,100)(H,83,101)(H,85,97)(H,86,98)(H,87,103)(H,88,108)(H,89,104)(H,90,102)(H,91,105)(H,92,106)(H,93,107)(H,94,109)(H,95,99)(H4,79,80,84)/t50-,51+,52+,53+,54+,55-,56-,57-,58+,59?,60+/m1/s1. The van der Waals surface area contributed by atoms with Crippen LogP contribution in [0.2, 0.25) is 10.0 Å². The summed E-state index contributed by atoms with van der Waals surface area (Å²) in [6.07, 6.45) is -0.266. The first-order valence-corrected chi connectivity index (χ1v) is 36.7. The second kappa shape index (κ2) is 42.4. The Morgan fingerprint density at radius 1 is 0.627 bits per heavy atom. The van der Waals surface area contributed by atoms with Crippen LogP contribution in [0.1, 0.15) is 101 Å². The van der Waals surface area contributed by atoms with Gasteiger partial charge in [0.1, 0.15) is 66.5 Å². The summed E-state index contributed by atoms with van der Waals surface area (Å²) in [6.45, 7) is 4.01. The van der Waals surface area contributed by atoms with Gasteiger partial charge in [0.2, 0.25) is 82.7 Å². The number of nitrogens with one attached hydrogen (secondary N) is 14. The quantitative estimate of drug-likeness (QED) is 0.00596. The lowest BCUT2D eigenvalue weighted by molar-refractivity contribution is -0.142. The van der Waals surface area contributed by atoms with Crippen LogP contribution in [0.4, 0.5) is 0 Å². The lowest BCUT2D eigenvalue weighted by atomic mass is 9.99. The molecule has 5 aromatic rings. The Morgan fingerprint density at radius 3 is 1.84 bits per heavy atom. The molecule has 0 saturated carbocycles. The number of likely N-dealkylation sites (tertiary alicyclic amines) is 1. The van der Waals surface area contributed by atoms with Gasteiger partial charge in [0.25, 0.3) is 0 Å². The van der Waals surface area contributed by atoms with E-state index in [-0.39, 0.29) is 89.9 Å². The number of benzene rings is 4. The van der Waals surface area contributed by atoms with Crippen molar-refractivity contribution in [3.63, 3.8) is 0 Å². The van der Waals surface area contributed by atoms with E-state index in [4.69, 9.17) is 51.7 Å². The topological polar surface area (TPSA) is 539 Å². The van der Waals surface area contributed by atoms with Crippen LogP contribution in [-0.2, 0) is 92.8 Å². The molecule has 0 spiro atoms. The number of hydrogen-bond donors (Lipinski definition) is 18. The van der Waals surface area contributed by atoms with Gasteiger partial charge in [-0.15, -0.1) is 0 Å². The van der Waals surface area contributed by atoms with Crippen molar-refractivity contribution >= 4 is 123 Å². The molecule has 22 N–H and O–H groups in total. The van der Waals surface area contributed by atoms with Crippen LogP contribution < -0.4 is 92.3 Å². The molecule has 590 valence electrons. The Morgan fingerprint density at radius 2 is 1.23 bits per heavy atom. The van der Waals surface area contributed by atoms with Gasteiger partial charge < -0.3 is 85.9 Å². The van der Waals surface area contributed by atoms with Gasteiger partial charge in [-0.3, -0.25) is 82.9 Å². The van der Waals surface area contributed by atoms with Crippen molar-refractivity contribution < 1.29 is 67.1 Å². The van der Waals surface area contributed by atoms with E-state index < -0.39 is 174 Å². The van der Waals surface area contributed by atoms with E-state index in [1.165, 1.54) is 24.2 Å². The number of rotatable bonds is 30. The number of fused-ring (bicyclic) bond motifs is 1. The Balaban J connectivity index is 1.22. The summed E-state index contributed by atoms with van der Waals surface area (Å²) < 4.78 is 0. The summed E-state index contributed by atoms with van der Waals surface area (Å²) in [6, 6.07) is 12.2. The molecule has 2 fully saturated rings. The summed E-state index contributed by atoms with van der Waals surface area (Å²) in [5.74, 6) is -8.00. The lowest BCUT2D eigenvalue weighted by Gasteiger charge is -2.31. The highest BCUT2D eigenvalue weighted by Crippen LogP contribution is 2.22. The molecule has 4 aromatic carbocycles. The second-order valence-electron chi connectivity index (χ2n) is 27.3. The highest BCUT2D eigenvalue weighted by molar-refractivity contribution is 6.30. The smallest absolute Gasteiger partial charge is 0.245 e. The predicted octanol–water partition coefficient (Wildman–Crippen LogP) is -1.90. The zero-order valence-electron chi connectivity index (χ0n) is 61.1. The first-order valence-electron chi connectivity index (χ1n) is 36.0. The van der Waals surface area contributed by atoms with Gasteiger partial charge >= 0.3 is 0 Å². The van der Waals surface area contributed by atoms with E-state index in [1.807, 2.05) is 41.8 Å². The maximum absolute atomic E-state index is 15.1. The molecule has 1 aromatic heterocycles. The van der Waals surface area contributed by atoms with Crippen LogP contribution >= 0.6 is 23.2 Å². The van der Waals surface area contributed by atoms with E-state index >= 15 is 14.4 Å². The number of guanidine groups is 1. The van der Waals surface area contributed by atoms with Gasteiger partial charge in [0, 0.05) is 87.6 Å². The third-order valence-corrected chi connectivity index (χ3v) is 18.8. The molecule has 1 unspecified atom stereocenters. The van der Waals surface area contributed by atoms with Crippen molar-refractivity contribution in [3.8, 4) is 0 Å². The molecule has 0 radical (unpaired) electrons. The molecule has 0 aliphatic carbocycles. The number of nitrogens with two attached hydrogens (primary N) is 4. The van der Waals surface area contributed by atoms with Gasteiger partial charge in [-0.1, -0.05) is 110 Å². The van der Waals surface area contributed by atoms with E-state index in [9.17, 15) is 52.7 Å². The number of aromatic nitrogens is 1. The molecule has 7 rings (SSSR count). The molecule has 0 bridgehead atoms. The molecule has 11 atom stereocenters. The van der Waals surface area contributed by atoms with E-state index in [0.29, 0.717) is 38.7 Å². The number of carbonyl (C=O) groups is 14. The number of pyridine rings is 1. The minimum atomic E-state index is -1.98. The summed E-state index contributed by atoms with van der Waals surface area (Å²) in [5.41, 5.74) is 20.7. The van der Waals surface area contributed by atoms with Crippen molar-refractivity contribution in [2.75, 3.05) is 26.2 Å². The Hall–Kier alpha value is -11.4. The fraction of sp³-hybridized carbons (Fsp3) is 0.432. The van der Waals surface area contributed by atoms with E-state index in [2.05, 4.69) is 68.8 Å². The molecular formula is C74H96Cl2N20O14. The number of hydrogen-bond acceptors (Lipinski definition) is 18. The van der Waals surface area contributed by atoms with Crippen molar-refractivity contribution in [1.82, 2.24) is 79.1 Å². The monoisotopic (exact) mass is 1560 g/mol. The largest absolute Gasteiger partial charge is 0.370 e. The number of carbonyl (C=O) groups excluding carboxylic acids is 14. The van der Waals surface area contributed by atoms with Crippen LogP contribution in [0, 0.1) is 11.3 Å². The predicted molar refractivity (Wildman–Crippen MR) is 406 cm³/mol. The van der Waals surface area contributed by atoms with Crippen LogP contribution in [0.3, 0.4) is 0 Å². The number of nitrogens with zero attached hydrogens (tertiary/aromatic N) is 2. The molecule has 14 amide bonds. The van der Waals surface area contributed by atoms with Gasteiger partial charge in [0.05, 0.1) is 6.42 Å². The van der Waals surface area contributed by atoms with Gasteiger partial charge in [-0.2, -0.15) is 0 Å². The zero-order chi connectivity index (χ0) is 80.1.